The number of hydrogen-bond acceptors (Lipinski definition) is 3. The molecule has 1 fully saturated rings. The van der Waals surface area contributed by atoms with Crippen LogP contribution in [0.25, 0.3) is 0 Å². The Balaban J connectivity index is 2.35. The molecular weight excluding hydrogens is 144 g/mol. The van der Waals surface area contributed by atoms with Crippen LogP contribution in [0.4, 0.5) is 0 Å². The van der Waals surface area contributed by atoms with Crippen molar-refractivity contribution in [3.05, 3.63) is 0 Å². The highest BCUT2D eigenvalue weighted by atomic mass is 16.3. The third-order valence-corrected chi connectivity index (χ3v) is 1.94. The highest BCUT2D eigenvalue weighted by Crippen LogP contribution is 2.13. The molecule has 1 aliphatic heterocycles. The van der Waals surface area contributed by atoms with E-state index in [1.807, 2.05) is 0 Å². The number of carbonyl (C=O) groups excluding carboxylic acids is 1. The normalized spacial score (nSPS) is 26.8. The number of piperidine rings is 1. The van der Waals surface area contributed by atoms with Gasteiger partial charge in [0.15, 0.2) is 0 Å². The quantitative estimate of drug-likeness (QED) is 0.557. The van der Waals surface area contributed by atoms with Gasteiger partial charge in [0.1, 0.15) is 6.23 Å². The lowest BCUT2D eigenvalue weighted by atomic mass is 10.1. The van der Waals surface area contributed by atoms with Gasteiger partial charge >= 0.3 is 0 Å². The third-order valence-electron chi connectivity index (χ3n) is 1.94. The highest BCUT2D eigenvalue weighted by Gasteiger charge is 2.20. The molecule has 0 spiro atoms. The number of primary amides is 1. The maximum atomic E-state index is 10.5. The summed E-state index contributed by atoms with van der Waals surface area (Å²) in [5.41, 5.74) is 4.99. The fourth-order valence-corrected chi connectivity index (χ4v) is 1.36. The van der Waals surface area contributed by atoms with Gasteiger partial charge in [-0.3, -0.25) is 9.69 Å². The van der Waals surface area contributed by atoms with E-state index in [9.17, 15) is 9.90 Å². The van der Waals surface area contributed by atoms with Crippen molar-refractivity contribution in [3.8, 4) is 0 Å². The molecule has 1 rings (SSSR count). The Hall–Kier alpha value is -0.610. The number of hydrogen-bond donors (Lipinski definition) is 2. The van der Waals surface area contributed by atoms with Crippen molar-refractivity contribution < 1.29 is 9.90 Å². The minimum absolute atomic E-state index is 0.182. The Morgan fingerprint density at radius 2 is 2.36 bits per heavy atom. The van der Waals surface area contributed by atoms with Crippen molar-refractivity contribution in [2.24, 2.45) is 5.73 Å². The summed E-state index contributed by atoms with van der Waals surface area (Å²) in [6.07, 6.45) is 2.38. The molecule has 0 aromatic rings. The summed E-state index contributed by atoms with van der Waals surface area (Å²) in [6.45, 7) is 0.964. The van der Waals surface area contributed by atoms with Crippen LogP contribution in [-0.4, -0.2) is 35.2 Å². The van der Waals surface area contributed by atoms with Crippen LogP contribution in [0.5, 0.6) is 0 Å². The summed E-state index contributed by atoms with van der Waals surface area (Å²) in [7, 11) is 0. The summed E-state index contributed by atoms with van der Waals surface area (Å²) in [4.78, 5) is 12.2. The lowest BCUT2D eigenvalue weighted by Crippen LogP contribution is -2.44. The number of aliphatic hydroxyl groups excluding tert-OH is 1. The van der Waals surface area contributed by atoms with E-state index < -0.39 is 6.23 Å². The number of likely N-dealkylation sites (tertiary alicyclic amines) is 1. The van der Waals surface area contributed by atoms with Crippen LogP contribution in [0.1, 0.15) is 19.3 Å². The van der Waals surface area contributed by atoms with Crippen molar-refractivity contribution in [2.75, 3.05) is 13.1 Å². The Bertz CT molecular complexity index is 149. The Morgan fingerprint density at radius 1 is 1.64 bits per heavy atom. The molecule has 0 bridgehead atoms. The first-order chi connectivity index (χ1) is 5.20. The molecule has 0 radical (unpaired) electrons. The van der Waals surface area contributed by atoms with Crippen molar-refractivity contribution >= 4 is 5.91 Å². The molecule has 4 heteroatoms. The Labute approximate surface area is 66.0 Å². The second-order valence-electron chi connectivity index (χ2n) is 2.91. The molecule has 1 unspecified atom stereocenters. The molecule has 0 aromatic carbocycles. The molecule has 1 saturated heterocycles. The van der Waals surface area contributed by atoms with Gasteiger partial charge in [0.25, 0.3) is 0 Å². The number of amides is 1. The van der Waals surface area contributed by atoms with E-state index in [0.717, 1.165) is 25.8 Å². The van der Waals surface area contributed by atoms with Gasteiger partial charge in [-0.2, -0.15) is 0 Å². The second-order valence-corrected chi connectivity index (χ2v) is 2.91. The zero-order valence-corrected chi connectivity index (χ0v) is 6.49. The van der Waals surface area contributed by atoms with Crippen LogP contribution >= 0.6 is 0 Å². The fourth-order valence-electron chi connectivity index (χ4n) is 1.36. The number of nitrogens with zero attached hydrogens (tertiary/aromatic N) is 1. The molecule has 0 saturated carbocycles. The minimum atomic E-state index is -0.462. The van der Waals surface area contributed by atoms with Crippen LogP contribution < -0.4 is 5.73 Å². The average Bonchev–Trinajstić information content (AvgIpc) is 1.93. The Morgan fingerprint density at radius 3 is 2.91 bits per heavy atom. The zero-order chi connectivity index (χ0) is 8.27. The molecule has 1 heterocycles. The molecule has 1 amide bonds. The predicted octanol–water partition coefficient (Wildman–Crippen LogP) is -0.724. The topological polar surface area (TPSA) is 66.6 Å². The van der Waals surface area contributed by atoms with E-state index in [1.54, 1.807) is 4.90 Å². The Kier molecular flexibility index (Phi) is 2.84. The molecule has 1 aliphatic rings. The first-order valence-corrected chi connectivity index (χ1v) is 3.90. The van der Waals surface area contributed by atoms with Gasteiger partial charge < -0.3 is 10.8 Å². The maximum Gasteiger partial charge on any atom is 0.231 e. The van der Waals surface area contributed by atoms with Crippen LogP contribution in [0, 0.1) is 0 Å². The molecule has 4 nitrogen and oxygen atoms in total. The van der Waals surface area contributed by atoms with Crippen LogP contribution in [0.2, 0.25) is 0 Å². The highest BCUT2D eigenvalue weighted by molar-refractivity contribution is 5.75. The van der Waals surface area contributed by atoms with Gasteiger partial charge in [-0.15, -0.1) is 0 Å². The van der Waals surface area contributed by atoms with E-state index in [1.165, 1.54) is 0 Å². The van der Waals surface area contributed by atoms with E-state index in [4.69, 9.17) is 5.73 Å². The van der Waals surface area contributed by atoms with Gasteiger partial charge in [-0.05, 0) is 19.3 Å². The fraction of sp³-hybridized carbons (Fsp3) is 0.857. The van der Waals surface area contributed by atoms with Gasteiger partial charge in [0.05, 0.1) is 6.54 Å². The largest absolute Gasteiger partial charge is 0.378 e. The van der Waals surface area contributed by atoms with Crippen molar-refractivity contribution in [1.29, 1.82) is 0 Å². The number of aliphatic hydroxyl groups is 1. The molecule has 3 N–H and O–H groups in total. The standard InChI is InChI=1S/C7H14N2O2/c8-6(10)5-9-4-2-1-3-7(9)11/h7,11H,1-5H2,(H2,8,10). The van der Waals surface area contributed by atoms with Crippen LogP contribution in [0.3, 0.4) is 0 Å². The lowest BCUT2D eigenvalue weighted by Gasteiger charge is -2.30. The molecule has 64 valence electrons. The van der Waals surface area contributed by atoms with E-state index in [0.29, 0.717) is 0 Å². The molecule has 0 aliphatic carbocycles. The minimum Gasteiger partial charge on any atom is -0.378 e. The van der Waals surface area contributed by atoms with Crippen LogP contribution in [-0.2, 0) is 4.79 Å². The van der Waals surface area contributed by atoms with E-state index in [-0.39, 0.29) is 12.5 Å². The first-order valence-electron chi connectivity index (χ1n) is 3.90. The lowest BCUT2D eigenvalue weighted by molar-refractivity contribution is -0.123. The summed E-state index contributed by atoms with van der Waals surface area (Å²) in [5.74, 6) is -0.369. The van der Waals surface area contributed by atoms with Gasteiger partial charge in [-0.1, -0.05) is 0 Å². The smallest absolute Gasteiger partial charge is 0.231 e. The third kappa shape index (κ3) is 2.48. The first kappa shape index (κ1) is 8.49. The number of nitrogens with two attached hydrogens (primary N) is 1. The van der Waals surface area contributed by atoms with E-state index >= 15 is 0 Å². The maximum absolute atomic E-state index is 10.5. The summed E-state index contributed by atoms with van der Waals surface area (Å²) >= 11 is 0. The molecule has 1 atom stereocenters. The number of rotatable bonds is 2. The van der Waals surface area contributed by atoms with Gasteiger partial charge in [-0.25, -0.2) is 0 Å². The second kappa shape index (κ2) is 3.69. The van der Waals surface area contributed by atoms with Crippen LogP contribution in [0.15, 0.2) is 0 Å². The summed E-state index contributed by atoms with van der Waals surface area (Å²) in [5, 5.41) is 9.34. The SMILES string of the molecule is NC(=O)CN1CCCCC1O. The van der Waals surface area contributed by atoms with E-state index in [2.05, 4.69) is 0 Å². The monoisotopic (exact) mass is 158 g/mol. The van der Waals surface area contributed by atoms with Crippen molar-refractivity contribution in [3.63, 3.8) is 0 Å². The van der Waals surface area contributed by atoms with Crippen molar-refractivity contribution in [2.45, 2.75) is 25.5 Å². The number of carbonyl (C=O) groups is 1. The molecule has 0 aromatic heterocycles. The zero-order valence-electron chi connectivity index (χ0n) is 6.49. The summed E-state index contributed by atoms with van der Waals surface area (Å²) in [6, 6.07) is 0. The molecular formula is C7H14N2O2. The van der Waals surface area contributed by atoms with Crippen molar-refractivity contribution in [1.82, 2.24) is 4.90 Å². The predicted molar refractivity (Wildman–Crippen MR) is 40.6 cm³/mol. The van der Waals surface area contributed by atoms with Gasteiger partial charge in [0.2, 0.25) is 5.91 Å². The average molecular weight is 158 g/mol. The molecule has 11 heavy (non-hydrogen) atoms. The summed E-state index contributed by atoms with van der Waals surface area (Å²) < 4.78 is 0. The van der Waals surface area contributed by atoms with Gasteiger partial charge in [0, 0.05) is 6.54 Å².